The lowest BCUT2D eigenvalue weighted by atomic mass is 10.1. The molecule has 0 spiro atoms. The number of anilines is 1. The second kappa shape index (κ2) is 9.52. The Morgan fingerprint density at radius 2 is 1.79 bits per heavy atom. The van der Waals surface area contributed by atoms with E-state index in [1.807, 2.05) is 24.8 Å². The number of benzene rings is 2. The molecule has 29 heavy (non-hydrogen) atoms. The molecule has 1 fully saturated rings. The van der Waals surface area contributed by atoms with Crippen LogP contribution in [-0.2, 0) is 6.42 Å². The Balaban J connectivity index is 1.63. The van der Waals surface area contributed by atoms with E-state index < -0.39 is 4.92 Å². The number of nitro benzene ring substituents is 1. The summed E-state index contributed by atoms with van der Waals surface area (Å²) in [6.45, 7) is 7.88. The topological polar surface area (TPSA) is 78.7 Å². The van der Waals surface area contributed by atoms with Crippen LogP contribution in [0.2, 0.25) is 0 Å². The highest BCUT2D eigenvalue weighted by Gasteiger charge is 2.25. The van der Waals surface area contributed by atoms with E-state index in [-0.39, 0.29) is 17.6 Å². The van der Waals surface area contributed by atoms with Gasteiger partial charge in [0.05, 0.1) is 4.92 Å². The largest absolute Gasteiger partial charge is 0.363 e. The number of amides is 1. The van der Waals surface area contributed by atoms with Crippen LogP contribution in [0.3, 0.4) is 0 Å². The predicted octanol–water partition coefficient (Wildman–Crippen LogP) is 3.10. The van der Waals surface area contributed by atoms with Crippen molar-refractivity contribution in [2.45, 2.75) is 26.3 Å². The van der Waals surface area contributed by atoms with Gasteiger partial charge in [-0.15, -0.1) is 0 Å². The van der Waals surface area contributed by atoms with Crippen molar-refractivity contribution in [2.24, 2.45) is 0 Å². The highest BCUT2D eigenvalue weighted by Crippen LogP contribution is 2.30. The van der Waals surface area contributed by atoms with Crippen LogP contribution in [0.25, 0.3) is 0 Å². The molecule has 0 bridgehead atoms. The fourth-order valence-corrected chi connectivity index (χ4v) is 3.57. The maximum absolute atomic E-state index is 12.2. The maximum Gasteiger partial charge on any atom is 0.293 e. The first-order chi connectivity index (χ1) is 13.9. The van der Waals surface area contributed by atoms with E-state index in [0.717, 1.165) is 39.1 Å². The van der Waals surface area contributed by atoms with Crippen LogP contribution in [0.1, 0.15) is 29.8 Å². The van der Waals surface area contributed by atoms with Crippen LogP contribution in [0.5, 0.6) is 0 Å². The Hall–Kier alpha value is -2.93. The van der Waals surface area contributed by atoms with Crippen LogP contribution in [0.4, 0.5) is 11.4 Å². The fourth-order valence-electron chi connectivity index (χ4n) is 3.57. The van der Waals surface area contributed by atoms with Gasteiger partial charge in [0.25, 0.3) is 11.6 Å². The standard InChI is InChI=1S/C22H28N4O3/c1-17(2)23-22(27)19-8-9-20(21(16-19)26(28)29)25-14-12-24(13-15-25)11-10-18-6-4-3-5-7-18/h3-9,16-17H,10-15H2,1-2H3,(H,23,27). The molecule has 1 aliphatic heterocycles. The van der Waals surface area contributed by atoms with Gasteiger partial charge in [0, 0.05) is 50.4 Å². The first-order valence-corrected chi connectivity index (χ1v) is 10.0. The summed E-state index contributed by atoms with van der Waals surface area (Å²) in [4.78, 5) is 27.8. The van der Waals surface area contributed by atoms with Crippen LogP contribution in [0.15, 0.2) is 48.5 Å². The van der Waals surface area contributed by atoms with Gasteiger partial charge in [-0.25, -0.2) is 0 Å². The summed E-state index contributed by atoms with van der Waals surface area (Å²) in [5, 5.41) is 14.4. The lowest BCUT2D eigenvalue weighted by Gasteiger charge is -2.35. The molecule has 0 radical (unpaired) electrons. The minimum atomic E-state index is -0.400. The van der Waals surface area contributed by atoms with Crippen molar-refractivity contribution in [3.63, 3.8) is 0 Å². The van der Waals surface area contributed by atoms with Crippen LogP contribution < -0.4 is 10.2 Å². The van der Waals surface area contributed by atoms with Gasteiger partial charge in [0.1, 0.15) is 5.69 Å². The molecule has 1 amide bonds. The third-order valence-corrected chi connectivity index (χ3v) is 5.13. The molecule has 1 saturated heterocycles. The molecule has 3 rings (SSSR count). The third-order valence-electron chi connectivity index (χ3n) is 5.13. The monoisotopic (exact) mass is 396 g/mol. The molecule has 1 aliphatic rings. The summed E-state index contributed by atoms with van der Waals surface area (Å²) in [7, 11) is 0. The molecule has 0 unspecified atom stereocenters. The quantitative estimate of drug-likeness (QED) is 0.575. The highest BCUT2D eigenvalue weighted by atomic mass is 16.6. The molecule has 0 aliphatic carbocycles. The normalized spacial score (nSPS) is 14.8. The number of nitrogens with one attached hydrogen (secondary N) is 1. The molecule has 7 nitrogen and oxygen atoms in total. The molecular weight excluding hydrogens is 368 g/mol. The van der Waals surface area contributed by atoms with Crippen molar-refractivity contribution in [3.05, 3.63) is 69.8 Å². The molecule has 0 aromatic heterocycles. The van der Waals surface area contributed by atoms with Crippen LogP contribution >= 0.6 is 0 Å². The van der Waals surface area contributed by atoms with E-state index in [2.05, 4.69) is 34.5 Å². The average Bonchev–Trinajstić information content (AvgIpc) is 2.72. The molecule has 2 aromatic carbocycles. The van der Waals surface area contributed by atoms with Crippen molar-refractivity contribution < 1.29 is 9.72 Å². The zero-order valence-electron chi connectivity index (χ0n) is 17.0. The lowest BCUT2D eigenvalue weighted by molar-refractivity contribution is -0.384. The Morgan fingerprint density at radius 3 is 2.41 bits per heavy atom. The SMILES string of the molecule is CC(C)NC(=O)c1ccc(N2CCN(CCc3ccccc3)CC2)c([N+](=O)[O-])c1. The zero-order chi connectivity index (χ0) is 20.8. The summed E-state index contributed by atoms with van der Waals surface area (Å²) in [5.74, 6) is -0.291. The van der Waals surface area contributed by atoms with Crippen LogP contribution in [-0.4, -0.2) is 54.5 Å². The number of piperazine rings is 1. The van der Waals surface area contributed by atoms with E-state index in [4.69, 9.17) is 0 Å². The number of rotatable bonds is 7. The van der Waals surface area contributed by atoms with Gasteiger partial charge in [0.2, 0.25) is 0 Å². The van der Waals surface area contributed by atoms with Gasteiger partial charge in [-0.2, -0.15) is 0 Å². The van der Waals surface area contributed by atoms with E-state index in [0.29, 0.717) is 11.3 Å². The fraction of sp³-hybridized carbons (Fsp3) is 0.409. The average molecular weight is 396 g/mol. The minimum absolute atomic E-state index is 0.0147. The zero-order valence-corrected chi connectivity index (χ0v) is 17.0. The van der Waals surface area contributed by atoms with Gasteiger partial charge in [-0.3, -0.25) is 19.8 Å². The molecule has 0 atom stereocenters. The number of nitro groups is 1. The van der Waals surface area contributed by atoms with Crippen molar-refractivity contribution >= 4 is 17.3 Å². The van der Waals surface area contributed by atoms with Crippen molar-refractivity contribution in [1.82, 2.24) is 10.2 Å². The van der Waals surface area contributed by atoms with Gasteiger partial charge in [0.15, 0.2) is 0 Å². The predicted molar refractivity (Wildman–Crippen MR) is 114 cm³/mol. The Morgan fingerprint density at radius 1 is 1.10 bits per heavy atom. The van der Waals surface area contributed by atoms with Gasteiger partial charge in [-0.1, -0.05) is 30.3 Å². The number of hydrogen-bond acceptors (Lipinski definition) is 5. The Bertz CT molecular complexity index is 846. The Labute approximate surface area is 171 Å². The first kappa shape index (κ1) is 20.8. The molecule has 154 valence electrons. The van der Waals surface area contributed by atoms with Gasteiger partial charge < -0.3 is 10.2 Å². The van der Waals surface area contributed by atoms with Crippen molar-refractivity contribution in [3.8, 4) is 0 Å². The van der Waals surface area contributed by atoms with Crippen molar-refractivity contribution in [2.75, 3.05) is 37.6 Å². The summed E-state index contributed by atoms with van der Waals surface area (Å²) in [6, 6.07) is 15.1. The molecule has 7 heteroatoms. The second-order valence-corrected chi connectivity index (χ2v) is 7.65. The lowest BCUT2D eigenvalue weighted by Crippen LogP contribution is -2.47. The molecule has 0 saturated carbocycles. The summed E-state index contributed by atoms with van der Waals surface area (Å²) in [6.07, 6.45) is 1.00. The maximum atomic E-state index is 12.2. The third kappa shape index (κ3) is 5.54. The highest BCUT2D eigenvalue weighted by molar-refractivity contribution is 5.96. The Kier molecular flexibility index (Phi) is 6.82. The molecule has 2 aromatic rings. The van der Waals surface area contributed by atoms with E-state index in [9.17, 15) is 14.9 Å². The van der Waals surface area contributed by atoms with E-state index >= 15 is 0 Å². The van der Waals surface area contributed by atoms with E-state index in [1.165, 1.54) is 11.6 Å². The first-order valence-electron chi connectivity index (χ1n) is 10.0. The smallest absolute Gasteiger partial charge is 0.293 e. The van der Waals surface area contributed by atoms with Gasteiger partial charge in [-0.05, 0) is 38.0 Å². The number of hydrogen-bond donors (Lipinski definition) is 1. The molecule has 1 heterocycles. The second-order valence-electron chi connectivity index (χ2n) is 7.65. The minimum Gasteiger partial charge on any atom is -0.363 e. The van der Waals surface area contributed by atoms with Gasteiger partial charge >= 0.3 is 0 Å². The van der Waals surface area contributed by atoms with Crippen LogP contribution in [0, 0.1) is 10.1 Å². The molecule has 1 N–H and O–H groups in total. The summed E-state index contributed by atoms with van der Waals surface area (Å²) >= 11 is 0. The number of nitrogens with zero attached hydrogens (tertiary/aromatic N) is 3. The van der Waals surface area contributed by atoms with Crippen molar-refractivity contribution in [1.29, 1.82) is 0 Å². The summed E-state index contributed by atoms with van der Waals surface area (Å²) < 4.78 is 0. The van der Waals surface area contributed by atoms with E-state index in [1.54, 1.807) is 12.1 Å². The molecular formula is C22H28N4O3. The number of carbonyl (C=O) groups is 1. The summed E-state index contributed by atoms with van der Waals surface area (Å²) in [5.41, 5.74) is 2.20. The number of carbonyl (C=O) groups excluding carboxylic acids is 1.